The van der Waals surface area contributed by atoms with Crippen LogP contribution in [0.2, 0.25) is 0 Å². The van der Waals surface area contributed by atoms with Crippen LogP contribution in [0.3, 0.4) is 0 Å². The van der Waals surface area contributed by atoms with Crippen molar-refractivity contribution in [3.63, 3.8) is 0 Å². The predicted molar refractivity (Wildman–Crippen MR) is 66.2 cm³/mol. The number of nitrogens with zero attached hydrogens (tertiary/aromatic N) is 2. The second-order valence-corrected chi connectivity index (χ2v) is 4.81. The molecule has 0 spiro atoms. The summed E-state index contributed by atoms with van der Waals surface area (Å²) in [7, 11) is 1.88. The summed E-state index contributed by atoms with van der Waals surface area (Å²) < 4.78 is 0. The maximum absolute atomic E-state index is 11.7. The second-order valence-electron chi connectivity index (χ2n) is 4.81. The van der Waals surface area contributed by atoms with Crippen molar-refractivity contribution in [1.29, 1.82) is 0 Å². The third kappa shape index (κ3) is 3.46. The van der Waals surface area contributed by atoms with Gasteiger partial charge >= 0.3 is 0 Å². The van der Waals surface area contributed by atoms with Gasteiger partial charge in [-0.1, -0.05) is 6.92 Å². The highest BCUT2D eigenvalue weighted by Crippen LogP contribution is 2.16. The largest absolute Gasteiger partial charge is 0.341 e. The van der Waals surface area contributed by atoms with Gasteiger partial charge in [-0.2, -0.15) is 0 Å². The van der Waals surface area contributed by atoms with Gasteiger partial charge in [0.1, 0.15) is 0 Å². The molecule has 1 atom stereocenters. The fourth-order valence-corrected chi connectivity index (χ4v) is 2.35. The van der Waals surface area contributed by atoms with Gasteiger partial charge in [0, 0.05) is 26.2 Å². The molecule has 4 nitrogen and oxygen atoms in total. The number of likely N-dealkylation sites (tertiary alicyclic amines) is 1. The number of hydrogen-bond acceptors (Lipinski definition) is 3. The molecule has 1 rings (SSSR count). The van der Waals surface area contributed by atoms with E-state index in [1.807, 2.05) is 11.9 Å². The molecule has 1 heterocycles. The van der Waals surface area contributed by atoms with Crippen LogP contribution in [0.4, 0.5) is 0 Å². The Balaban J connectivity index is 2.38. The average molecular weight is 227 g/mol. The minimum atomic E-state index is -0.376. The first-order chi connectivity index (χ1) is 7.56. The average Bonchev–Trinajstić information content (AvgIpc) is 2.28. The summed E-state index contributed by atoms with van der Waals surface area (Å²) >= 11 is 0. The number of carbonyl (C=O) groups excluding carboxylic acids is 1. The topological polar surface area (TPSA) is 49.6 Å². The van der Waals surface area contributed by atoms with Crippen molar-refractivity contribution in [1.82, 2.24) is 9.80 Å². The van der Waals surface area contributed by atoms with Gasteiger partial charge in [-0.15, -0.1) is 0 Å². The number of rotatable bonds is 4. The molecule has 0 aromatic rings. The lowest BCUT2D eigenvalue weighted by atomic mass is 10.0. The fourth-order valence-electron chi connectivity index (χ4n) is 2.35. The molecule has 0 radical (unpaired) electrons. The first-order valence-corrected chi connectivity index (χ1v) is 6.30. The van der Waals surface area contributed by atoms with Crippen molar-refractivity contribution < 1.29 is 4.79 Å². The molecule has 0 aliphatic carbocycles. The van der Waals surface area contributed by atoms with Crippen molar-refractivity contribution in [2.24, 2.45) is 5.73 Å². The zero-order valence-electron chi connectivity index (χ0n) is 10.8. The molecule has 0 aromatic carbocycles. The normalized spacial score (nSPS) is 20.8. The van der Waals surface area contributed by atoms with Crippen LogP contribution in [0.25, 0.3) is 0 Å². The van der Waals surface area contributed by atoms with E-state index in [9.17, 15) is 4.79 Å². The van der Waals surface area contributed by atoms with E-state index < -0.39 is 0 Å². The molecule has 0 bridgehead atoms. The van der Waals surface area contributed by atoms with Crippen LogP contribution >= 0.6 is 0 Å². The SMILES string of the molecule is CCCN1CCC(N(C)C(=O)[C@@H](C)N)CC1. The van der Waals surface area contributed by atoms with Crippen molar-refractivity contribution in [3.8, 4) is 0 Å². The smallest absolute Gasteiger partial charge is 0.239 e. The van der Waals surface area contributed by atoms with Crippen molar-refractivity contribution in [2.75, 3.05) is 26.7 Å². The van der Waals surface area contributed by atoms with Gasteiger partial charge in [0.25, 0.3) is 0 Å². The van der Waals surface area contributed by atoms with Crippen LogP contribution in [0, 0.1) is 0 Å². The van der Waals surface area contributed by atoms with Gasteiger partial charge in [-0.25, -0.2) is 0 Å². The summed E-state index contributed by atoms with van der Waals surface area (Å²) in [6.45, 7) is 7.35. The van der Waals surface area contributed by atoms with Crippen LogP contribution in [-0.4, -0.2) is 54.5 Å². The molecule has 1 fully saturated rings. The first kappa shape index (κ1) is 13.5. The highest BCUT2D eigenvalue weighted by atomic mass is 16.2. The van der Waals surface area contributed by atoms with Crippen LogP contribution in [0.15, 0.2) is 0 Å². The summed E-state index contributed by atoms with van der Waals surface area (Å²) in [5.74, 6) is 0.0638. The lowest BCUT2D eigenvalue weighted by Crippen LogP contribution is -2.49. The summed E-state index contributed by atoms with van der Waals surface area (Å²) in [6, 6.07) is 0.00489. The zero-order chi connectivity index (χ0) is 12.1. The Labute approximate surface area is 98.8 Å². The van der Waals surface area contributed by atoms with Crippen molar-refractivity contribution in [3.05, 3.63) is 0 Å². The van der Waals surface area contributed by atoms with E-state index in [0.29, 0.717) is 6.04 Å². The van der Waals surface area contributed by atoms with Crippen LogP contribution in [0.5, 0.6) is 0 Å². The molecule has 2 N–H and O–H groups in total. The Morgan fingerprint density at radius 3 is 2.50 bits per heavy atom. The van der Waals surface area contributed by atoms with Gasteiger partial charge in [0.2, 0.25) is 5.91 Å². The monoisotopic (exact) mass is 227 g/mol. The van der Waals surface area contributed by atoms with E-state index >= 15 is 0 Å². The molecule has 94 valence electrons. The van der Waals surface area contributed by atoms with E-state index in [-0.39, 0.29) is 11.9 Å². The molecule has 1 amide bonds. The van der Waals surface area contributed by atoms with E-state index in [1.165, 1.54) is 13.0 Å². The molecule has 0 aromatic heterocycles. The molecule has 0 saturated carbocycles. The van der Waals surface area contributed by atoms with Crippen molar-refractivity contribution >= 4 is 5.91 Å². The predicted octanol–water partition coefficient (Wildman–Crippen LogP) is 0.666. The first-order valence-electron chi connectivity index (χ1n) is 6.30. The summed E-state index contributed by atoms with van der Waals surface area (Å²) in [4.78, 5) is 16.1. The Kier molecular flexibility index (Phi) is 5.22. The lowest BCUT2D eigenvalue weighted by Gasteiger charge is -2.37. The summed E-state index contributed by atoms with van der Waals surface area (Å²) in [6.07, 6.45) is 3.36. The van der Waals surface area contributed by atoms with E-state index in [0.717, 1.165) is 25.9 Å². The number of hydrogen-bond donors (Lipinski definition) is 1. The second kappa shape index (κ2) is 6.21. The lowest BCUT2D eigenvalue weighted by molar-refractivity contribution is -0.133. The molecule has 1 saturated heterocycles. The number of carbonyl (C=O) groups is 1. The maximum atomic E-state index is 11.7. The van der Waals surface area contributed by atoms with Gasteiger partial charge in [-0.3, -0.25) is 4.79 Å². The molecule has 16 heavy (non-hydrogen) atoms. The summed E-state index contributed by atoms with van der Waals surface area (Å²) in [5.41, 5.74) is 5.62. The Hall–Kier alpha value is -0.610. The van der Waals surface area contributed by atoms with Crippen molar-refractivity contribution in [2.45, 2.75) is 45.2 Å². The highest BCUT2D eigenvalue weighted by molar-refractivity contribution is 5.81. The van der Waals surface area contributed by atoms with E-state index in [2.05, 4.69) is 11.8 Å². The highest BCUT2D eigenvalue weighted by Gasteiger charge is 2.26. The Morgan fingerprint density at radius 1 is 1.50 bits per heavy atom. The number of amides is 1. The number of piperidine rings is 1. The van der Waals surface area contributed by atoms with Crippen LogP contribution in [-0.2, 0) is 4.79 Å². The Bertz CT molecular complexity index is 222. The fraction of sp³-hybridized carbons (Fsp3) is 0.917. The third-order valence-electron chi connectivity index (χ3n) is 3.38. The van der Waals surface area contributed by atoms with Gasteiger partial charge in [0.05, 0.1) is 6.04 Å². The van der Waals surface area contributed by atoms with Gasteiger partial charge in [0.15, 0.2) is 0 Å². The molecule has 1 aliphatic rings. The van der Waals surface area contributed by atoms with E-state index in [4.69, 9.17) is 5.73 Å². The molecule has 4 heteroatoms. The molecule has 0 unspecified atom stereocenters. The number of likely N-dealkylation sites (N-methyl/N-ethyl adjacent to an activating group) is 1. The van der Waals surface area contributed by atoms with Crippen LogP contribution in [0.1, 0.15) is 33.1 Å². The quantitative estimate of drug-likeness (QED) is 0.768. The zero-order valence-corrected chi connectivity index (χ0v) is 10.8. The minimum Gasteiger partial charge on any atom is -0.341 e. The maximum Gasteiger partial charge on any atom is 0.239 e. The molecular formula is C12H25N3O. The standard InChI is InChI=1S/C12H25N3O/c1-4-7-15-8-5-11(6-9-15)14(3)12(16)10(2)13/h10-11H,4-9,13H2,1-3H3/t10-/m1/s1. The van der Waals surface area contributed by atoms with Gasteiger partial charge in [-0.05, 0) is 32.7 Å². The van der Waals surface area contributed by atoms with Gasteiger partial charge < -0.3 is 15.5 Å². The summed E-state index contributed by atoms with van der Waals surface area (Å²) in [5, 5.41) is 0. The third-order valence-corrected chi connectivity index (χ3v) is 3.38. The number of nitrogens with two attached hydrogens (primary N) is 1. The molecular weight excluding hydrogens is 202 g/mol. The van der Waals surface area contributed by atoms with Crippen LogP contribution < -0.4 is 5.73 Å². The van der Waals surface area contributed by atoms with E-state index in [1.54, 1.807) is 6.92 Å². The molecule has 1 aliphatic heterocycles. The Morgan fingerprint density at radius 2 is 2.06 bits per heavy atom. The minimum absolute atomic E-state index is 0.0638.